The van der Waals surface area contributed by atoms with Crippen molar-refractivity contribution in [1.29, 1.82) is 0 Å². The zero-order valence-corrected chi connectivity index (χ0v) is 23.3. The highest BCUT2D eigenvalue weighted by Crippen LogP contribution is 2.33. The minimum absolute atomic E-state index is 0.0269. The highest BCUT2D eigenvalue weighted by Gasteiger charge is 2.42. The Labute approximate surface area is 238 Å². The number of hydrogen-bond donors (Lipinski definition) is 1. The van der Waals surface area contributed by atoms with Gasteiger partial charge in [-0.3, -0.25) is 4.79 Å². The van der Waals surface area contributed by atoms with E-state index in [1.807, 2.05) is 35.0 Å². The van der Waals surface area contributed by atoms with Crippen LogP contribution in [0.1, 0.15) is 29.5 Å². The number of piperazine rings is 1. The zero-order chi connectivity index (χ0) is 28.1. The van der Waals surface area contributed by atoms with Gasteiger partial charge in [0.1, 0.15) is 17.7 Å². The normalized spacial score (nSPS) is 18.3. The predicted molar refractivity (Wildman–Crippen MR) is 161 cm³/mol. The van der Waals surface area contributed by atoms with Gasteiger partial charge in [-0.05, 0) is 85.4 Å². The molecule has 5 aromatic rings. The fraction of sp³-hybridized carbons (Fsp3) is 0.281. The second kappa shape index (κ2) is 9.99. The molecular weight excluding hydrogens is 512 g/mol. The van der Waals surface area contributed by atoms with Crippen molar-refractivity contribution >= 4 is 45.3 Å². The number of amides is 1. The summed E-state index contributed by atoms with van der Waals surface area (Å²) in [7, 11) is 2.01. The quantitative estimate of drug-likeness (QED) is 0.303. The summed E-state index contributed by atoms with van der Waals surface area (Å²) in [5.41, 5.74) is 8.32. The van der Waals surface area contributed by atoms with E-state index in [1.165, 1.54) is 22.8 Å². The SMILES string of the molecule is C=CC(=O)N1C2CCC1CN(c1ccc3ncnc(Nc4ccc(Cc5ccc6c(c5)ncn6C)c(C)c4)c3n1)C2. The maximum Gasteiger partial charge on any atom is 0.246 e. The molecule has 2 atom stereocenters. The van der Waals surface area contributed by atoms with Crippen LogP contribution in [0.15, 0.2) is 73.8 Å². The van der Waals surface area contributed by atoms with Gasteiger partial charge in [0, 0.05) is 37.9 Å². The lowest BCUT2D eigenvalue weighted by atomic mass is 9.99. The van der Waals surface area contributed by atoms with E-state index in [4.69, 9.17) is 4.98 Å². The Morgan fingerprint density at radius 1 is 1.02 bits per heavy atom. The summed E-state index contributed by atoms with van der Waals surface area (Å²) in [5.74, 6) is 1.58. The van der Waals surface area contributed by atoms with Gasteiger partial charge in [-0.1, -0.05) is 18.7 Å². The number of carbonyl (C=O) groups is 1. The lowest BCUT2D eigenvalue weighted by Crippen LogP contribution is -2.55. The fourth-order valence-corrected chi connectivity index (χ4v) is 6.37. The van der Waals surface area contributed by atoms with E-state index < -0.39 is 0 Å². The lowest BCUT2D eigenvalue weighted by Gasteiger charge is -2.41. The molecule has 1 N–H and O–H groups in total. The van der Waals surface area contributed by atoms with E-state index in [0.29, 0.717) is 5.82 Å². The number of anilines is 3. The van der Waals surface area contributed by atoms with Crippen LogP contribution in [0.3, 0.4) is 0 Å². The predicted octanol–water partition coefficient (Wildman–Crippen LogP) is 4.92. The molecule has 7 rings (SSSR count). The number of rotatable bonds is 6. The molecule has 9 heteroatoms. The summed E-state index contributed by atoms with van der Waals surface area (Å²) in [4.78, 5) is 35.2. The molecule has 2 aliphatic heterocycles. The smallest absolute Gasteiger partial charge is 0.246 e. The highest BCUT2D eigenvalue weighted by molar-refractivity contribution is 5.89. The summed E-state index contributed by atoms with van der Waals surface area (Å²) in [5, 5.41) is 3.49. The van der Waals surface area contributed by atoms with Crippen LogP contribution in [-0.2, 0) is 18.3 Å². The van der Waals surface area contributed by atoms with Crippen LogP contribution in [0.2, 0.25) is 0 Å². The van der Waals surface area contributed by atoms with Crippen molar-refractivity contribution in [2.24, 2.45) is 7.05 Å². The van der Waals surface area contributed by atoms with Crippen LogP contribution in [0.25, 0.3) is 22.1 Å². The largest absolute Gasteiger partial charge is 0.352 e. The molecule has 2 unspecified atom stereocenters. The average Bonchev–Trinajstić information content (AvgIpc) is 3.48. The number of nitrogens with zero attached hydrogens (tertiary/aromatic N) is 7. The van der Waals surface area contributed by atoms with E-state index in [1.54, 1.807) is 6.33 Å². The first-order chi connectivity index (χ1) is 20.0. The van der Waals surface area contributed by atoms with Crippen molar-refractivity contribution in [1.82, 2.24) is 29.4 Å². The second-order valence-corrected chi connectivity index (χ2v) is 11.1. The molecular formula is C32H32N8O. The van der Waals surface area contributed by atoms with E-state index in [2.05, 4.69) is 75.1 Å². The van der Waals surface area contributed by atoms with Crippen molar-refractivity contribution < 1.29 is 4.79 Å². The first kappa shape index (κ1) is 25.2. The summed E-state index contributed by atoms with van der Waals surface area (Å²) in [6.07, 6.45) is 7.72. The number of benzene rings is 2. The molecule has 41 heavy (non-hydrogen) atoms. The second-order valence-electron chi connectivity index (χ2n) is 11.1. The van der Waals surface area contributed by atoms with Gasteiger partial charge in [-0.15, -0.1) is 0 Å². The van der Waals surface area contributed by atoms with Gasteiger partial charge in [-0.25, -0.2) is 19.9 Å². The topological polar surface area (TPSA) is 92.1 Å². The van der Waals surface area contributed by atoms with Crippen molar-refractivity contribution in [2.45, 2.75) is 38.3 Å². The Bertz CT molecular complexity index is 1800. The van der Waals surface area contributed by atoms with E-state index in [9.17, 15) is 4.79 Å². The Kier molecular flexibility index (Phi) is 6.14. The van der Waals surface area contributed by atoms with Crippen LogP contribution in [0.4, 0.5) is 17.3 Å². The first-order valence-corrected chi connectivity index (χ1v) is 14.0. The van der Waals surface area contributed by atoms with Gasteiger partial charge in [0.15, 0.2) is 5.82 Å². The third-order valence-electron chi connectivity index (χ3n) is 8.49. The van der Waals surface area contributed by atoms with Crippen molar-refractivity contribution in [3.8, 4) is 0 Å². The molecule has 0 radical (unpaired) electrons. The summed E-state index contributed by atoms with van der Waals surface area (Å²) in [6, 6.07) is 17.3. The van der Waals surface area contributed by atoms with Gasteiger partial charge in [-0.2, -0.15) is 0 Å². The van der Waals surface area contributed by atoms with E-state index >= 15 is 0 Å². The molecule has 2 saturated heterocycles. The molecule has 0 aliphatic carbocycles. The molecule has 5 heterocycles. The summed E-state index contributed by atoms with van der Waals surface area (Å²) in [6.45, 7) is 7.35. The maximum absolute atomic E-state index is 12.4. The Balaban J connectivity index is 1.12. The fourth-order valence-electron chi connectivity index (χ4n) is 6.37. The van der Waals surface area contributed by atoms with Gasteiger partial charge in [0.05, 0.1) is 22.9 Å². The molecule has 3 aromatic heterocycles. The number of imidazole rings is 1. The molecule has 2 aliphatic rings. The summed E-state index contributed by atoms with van der Waals surface area (Å²) >= 11 is 0. The summed E-state index contributed by atoms with van der Waals surface area (Å²) < 4.78 is 2.04. The molecule has 206 valence electrons. The Morgan fingerprint density at radius 2 is 1.85 bits per heavy atom. The zero-order valence-electron chi connectivity index (χ0n) is 23.3. The van der Waals surface area contributed by atoms with Gasteiger partial charge >= 0.3 is 0 Å². The minimum atomic E-state index is 0.0269. The molecule has 2 bridgehead atoms. The number of fused-ring (bicyclic) bond motifs is 4. The molecule has 1 amide bonds. The van der Waals surface area contributed by atoms with Crippen LogP contribution in [-0.4, -0.2) is 60.5 Å². The number of aryl methyl sites for hydroxylation is 2. The Morgan fingerprint density at radius 3 is 2.63 bits per heavy atom. The van der Waals surface area contributed by atoms with E-state index in [0.717, 1.165) is 65.9 Å². The standard InChI is InChI=1S/C32H32N8O/c1-4-30(41)40-24-8-9-25(40)17-39(16-24)29-12-10-26-31(37-29)32(34-18-33-26)36-23-7-6-22(20(2)13-23)14-21-5-11-28-27(15-21)35-19-38(28)3/h4-7,10-13,15,18-19,24-25H,1,8-9,14,16-17H2,2-3H3,(H,33,34,36). The number of pyridine rings is 1. The van der Waals surface area contributed by atoms with Crippen molar-refractivity contribution in [2.75, 3.05) is 23.3 Å². The number of hydrogen-bond acceptors (Lipinski definition) is 7. The monoisotopic (exact) mass is 544 g/mol. The van der Waals surface area contributed by atoms with Crippen LogP contribution in [0.5, 0.6) is 0 Å². The molecule has 0 spiro atoms. The maximum atomic E-state index is 12.4. The molecule has 9 nitrogen and oxygen atoms in total. The van der Waals surface area contributed by atoms with Crippen LogP contribution >= 0.6 is 0 Å². The number of aromatic nitrogens is 5. The number of nitrogens with one attached hydrogen (secondary N) is 1. The van der Waals surface area contributed by atoms with E-state index in [-0.39, 0.29) is 18.0 Å². The van der Waals surface area contributed by atoms with Crippen LogP contribution < -0.4 is 10.2 Å². The average molecular weight is 545 g/mol. The number of carbonyl (C=O) groups excluding carboxylic acids is 1. The molecule has 2 aromatic carbocycles. The van der Waals surface area contributed by atoms with Crippen molar-refractivity contribution in [3.05, 3.63) is 90.5 Å². The highest BCUT2D eigenvalue weighted by atomic mass is 16.2. The van der Waals surface area contributed by atoms with Gasteiger partial charge < -0.3 is 19.7 Å². The molecule has 0 saturated carbocycles. The minimum Gasteiger partial charge on any atom is -0.352 e. The van der Waals surface area contributed by atoms with Crippen molar-refractivity contribution in [3.63, 3.8) is 0 Å². The molecule has 2 fully saturated rings. The Hall–Kier alpha value is -4.79. The van der Waals surface area contributed by atoms with Gasteiger partial charge in [0.25, 0.3) is 0 Å². The van der Waals surface area contributed by atoms with Gasteiger partial charge in [0.2, 0.25) is 5.91 Å². The third kappa shape index (κ3) is 4.57. The first-order valence-electron chi connectivity index (χ1n) is 14.0. The lowest BCUT2D eigenvalue weighted by molar-refractivity contribution is -0.129. The third-order valence-corrected chi connectivity index (χ3v) is 8.49. The van der Waals surface area contributed by atoms with Crippen LogP contribution in [0, 0.1) is 6.92 Å².